The van der Waals surface area contributed by atoms with Gasteiger partial charge in [0.2, 0.25) is 8.32 Å². The highest BCUT2D eigenvalue weighted by Crippen LogP contribution is 2.20. The molecule has 0 amide bonds. The van der Waals surface area contributed by atoms with Gasteiger partial charge in [-0.15, -0.1) is 6.58 Å². The minimum atomic E-state index is -2.84. The first kappa shape index (κ1) is 18.8. The van der Waals surface area contributed by atoms with Crippen LogP contribution in [0.3, 0.4) is 0 Å². The van der Waals surface area contributed by atoms with Gasteiger partial charge in [-0.05, 0) is 39.3 Å². The van der Waals surface area contributed by atoms with Gasteiger partial charge in [-0.25, -0.2) is 0 Å². The lowest BCUT2D eigenvalue weighted by Gasteiger charge is -2.38. The zero-order valence-corrected chi connectivity index (χ0v) is 18.4. The van der Waals surface area contributed by atoms with E-state index in [0.717, 1.165) is 5.19 Å². The second kappa shape index (κ2) is 7.82. The summed E-state index contributed by atoms with van der Waals surface area (Å²) in [5.41, 5.74) is 1.95. The van der Waals surface area contributed by atoms with Crippen LogP contribution in [0, 0.1) is 0 Å². The van der Waals surface area contributed by atoms with Crippen LogP contribution in [-0.4, -0.2) is 35.2 Å². The zero-order chi connectivity index (χ0) is 16.1. The quantitative estimate of drug-likeness (QED) is 0.670. The van der Waals surface area contributed by atoms with E-state index in [-0.39, 0.29) is 0 Å². The second-order valence-corrected chi connectivity index (χ2v) is 18.4. The molecule has 1 rings (SSSR count). The highest BCUT2D eigenvalue weighted by atomic mass is 28.5. The fraction of sp³-hybridized carbons (Fsp3) is 0.429. The summed E-state index contributed by atoms with van der Waals surface area (Å²) in [6, 6.07) is 10.2. The van der Waals surface area contributed by atoms with E-state index in [1.54, 1.807) is 0 Å². The summed E-state index contributed by atoms with van der Waals surface area (Å²) in [6.45, 7) is 16.9. The molecular weight excluding hydrogens is 328 g/mol. The third kappa shape index (κ3) is 5.78. The van der Waals surface area contributed by atoms with Gasteiger partial charge < -0.3 is 12.3 Å². The van der Waals surface area contributed by atoms with E-state index in [1.807, 2.05) is 23.9 Å². The Hall–Kier alpha value is -0.292. The maximum atomic E-state index is 6.57. The Morgan fingerprint density at radius 1 is 0.952 bits per heavy atom. The first-order valence-electron chi connectivity index (χ1n) is 7.45. The topological polar surface area (TPSA) is 27.7 Å². The number of benzene rings is 1. The smallest absolute Gasteiger partial charge is 0.416 e. The Morgan fingerprint density at radius 3 is 1.81 bits per heavy atom. The van der Waals surface area contributed by atoms with Gasteiger partial charge in [0, 0.05) is 5.19 Å². The van der Waals surface area contributed by atoms with Crippen LogP contribution in [0.4, 0.5) is 0 Å². The molecule has 0 saturated carbocycles. The summed E-state index contributed by atoms with van der Waals surface area (Å²) in [7, 11) is -7.46. The molecule has 0 atom stereocenters. The lowest BCUT2D eigenvalue weighted by molar-refractivity contribution is 0.285. The molecule has 21 heavy (non-hydrogen) atoms. The summed E-state index contributed by atoms with van der Waals surface area (Å²) < 4.78 is 19.4. The second-order valence-electron chi connectivity index (χ2n) is 6.17. The fourth-order valence-electron chi connectivity index (χ4n) is 1.92. The van der Waals surface area contributed by atoms with Gasteiger partial charge in [-0.3, -0.25) is 0 Å². The normalized spacial score (nSPS) is 13.0. The van der Waals surface area contributed by atoms with Crippen LogP contribution < -0.4 is 5.19 Å². The Labute approximate surface area is 134 Å². The molecule has 0 unspecified atom stereocenters. The van der Waals surface area contributed by atoms with E-state index >= 15 is 0 Å². The molecule has 0 radical (unpaired) electrons. The maximum Gasteiger partial charge on any atom is 0.505 e. The molecular formula is C14H28O3Si4. The van der Waals surface area contributed by atoms with Crippen LogP contribution in [0.2, 0.25) is 39.3 Å². The summed E-state index contributed by atoms with van der Waals surface area (Å²) in [6.07, 6.45) is 0. The molecule has 3 nitrogen and oxygen atoms in total. The molecule has 0 N–H and O–H groups in total. The van der Waals surface area contributed by atoms with Crippen molar-refractivity contribution in [2.75, 3.05) is 0 Å². The molecule has 7 heteroatoms. The minimum Gasteiger partial charge on any atom is -0.416 e. The SMILES string of the molecule is C=C[Si](C)(C)O[Si](O[SiH](C)C)(O[SiH](C)C)c1ccccc1. The molecule has 0 aliphatic heterocycles. The van der Waals surface area contributed by atoms with Crippen LogP contribution in [0.15, 0.2) is 42.6 Å². The molecule has 0 saturated heterocycles. The van der Waals surface area contributed by atoms with Crippen molar-refractivity contribution in [3.05, 3.63) is 42.6 Å². The average Bonchev–Trinajstić information content (AvgIpc) is 2.37. The van der Waals surface area contributed by atoms with Gasteiger partial charge >= 0.3 is 8.80 Å². The average molecular weight is 357 g/mol. The molecule has 0 heterocycles. The van der Waals surface area contributed by atoms with E-state index in [1.165, 1.54) is 0 Å². The van der Waals surface area contributed by atoms with Crippen LogP contribution in [-0.2, 0) is 12.3 Å². The Bertz CT molecular complexity index is 439. The molecule has 0 aliphatic rings. The fourth-order valence-corrected chi connectivity index (χ4v) is 14.1. The predicted molar refractivity (Wildman–Crippen MR) is 101 cm³/mol. The van der Waals surface area contributed by atoms with Crippen LogP contribution in [0.5, 0.6) is 0 Å². The zero-order valence-electron chi connectivity index (χ0n) is 14.1. The Morgan fingerprint density at radius 2 is 1.43 bits per heavy atom. The van der Waals surface area contributed by atoms with Crippen molar-refractivity contribution in [3.63, 3.8) is 0 Å². The lowest BCUT2D eigenvalue weighted by atomic mass is 10.4. The van der Waals surface area contributed by atoms with Gasteiger partial charge in [-0.1, -0.05) is 36.0 Å². The van der Waals surface area contributed by atoms with Gasteiger partial charge in [0.15, 0.2) is 18.1 Å². The van der Waals surface area contributed by atoms with Crippen molar-refractivity contribution in [1.82, 2.24) is 0 Å². The maximum absolute atomic E-state index is 6.57. The molecule has 1 aromatic carbocycles. The number of rotatable bonds is 8. The highest BCUT2D eigenvalue weighted by Gasteiger charge is 2.48. The summed E-state index contributed by atoms with van der Waals surface area (Å²) >= 11 is 0. The first-order valence-corrected chi connectivity index (χ1v) is 17.7. The van der Waals surface area contributed by atoms with Crippen LogP contribution in [0.1, 0.15) is 0 Å². The van der Waals surface area contributed by atoms with Crippen molar-refractivity contribution >= 4 is 40.4 Å². The standard InChI is InChI=1S/C14H28O3Si4/c1-8-20(6,7)17-21(15-18(2)3,16-19(4)5)14-12-10-9-11-13-14/h8-13,18-19H,1H2,2-7H3. The van der Waals surface area contributed by atoms with Gasteiger partial charge in [0.25, 0.3) is 0 Å². The summed E-state index contributed by atoms with van der Waals surface area (Å²) in [5.74, 6) is 0. The minimum absolute atomic E-state index is 1.08. The third-order valence-corrected chi connectivity index (χ3v) is 14.3. The molecule has 118 valence electrons. The molecule has 1 aromatic rings. The molecule has 0 aliphatic carbocycles. The Kier molecular flexibility index (Phi) is 6.98. The summed E-state index contributed by atoms with van der Waals surface area (Å²) in [4.78, 5) is 0. The number of hydrogen-bond donors (Lipinski definition) is 0. The predicted octanol–water partition coefficient (Wildman–Crippen LogP) is 2.78. The van der Waals surface area contributed by atoms with E-state index in [9.17, 15) is 0 Å². The molecule has 0 spiro atoms. The monoisotopic (exact) mass is 356 g/mol. The molecule has 0 aromatic heterocycles. The largest absolute Gasteiger partial charge is 0.505 e. The first-order chi connectivity index (χ1) is 9.71. The van der Waals surface area contributed by atoms with E-state index in [4.69, 9.17) is 12.3 Å². The third-order valence-electron chi connectivity index (χ3n) is 2.80. The van der Waals surface area contributed by atoms with Crippen molar-refractivity contribution in [3.8, 4) is 0 Å². The highest BCUT2D eigenvalue weighted by molar-refractivity contribution is 6.93. The lowest BCUT2D eigenvalue weighted by Crippen LogP contribution is -2.64. The van der Waals surface area contributed by atoms with Crippen molar-refractivity contribution in [2.45, 2.75) is 39.3 Å². The van der Waals surface area contributed by atoms with Crippen LogP contribution in [0.25, 0.3) is 0 Å². The van der Waals surface area contributed by atoms with Crippen molar-refractivity contribution < 1.29 is 12.3 Å². The Balaban J connectivity index is 3.30. The van der Waals surface area contributed by atoms with Crippen LogP contribution >= 0.6 is 0 Å². The molecule has 0 fully saturated rings. The van der Waals surface area contributed by atoms with E-state index in [0.29, 0.717) is 0 Å². The molecule has 0 bridgehead atoms. The van der Waals surface area contributed by atoms with Gasteiger partial charge in [-0.2, -0.15) is 0 Å². The van der Waals surface area contributed by atoms with Crippen molar-refractivity contribution in [1.29, 1.82) is 0 Å². The summed E-state index contributed by atoms with van der Waals surface area (Å²) in [5, 5.41) is 1.08. The van der Waals surface area contributed by atoms with Gasteiger partial charge in [0.1, 0.15) is 0 Å². The van der Waals surface area contributed by atoms with E-state index in [2.05, 4.69) is 58.0 Å². The van der Waals surface area contributed by atoms with Gasteiger partial charge in [0.05, 0.1) is 0 Å². The number of hydrogen-bond acceptors (Lipinski definition) is 3. The van der Waals surface area contributed by atoms with Crippen molar-refractivity contribution in [2.24, 2.45) is 0 Å². The van der Waals surface area contributed by atoms with E-state index < -0.39 is 35.2 Å².